The van der Waals surface area contributed by atoms with E-state index in [0.29, 0.717) is 5.95 Å². The van der Waals surface area contributed by atoms with Crippen molar-refractivity contribution in [2.75, 3.05) is 11.9 Å². The van der Waals surface area contributed by atoms with Gasteiger partial charge >= 0.3 is 0 Å². The van der Waals surface area contributed by atoms with Gasteiger partial charge in [0.1, 0.15) is 0 Å². The normalized spacial score (nSPS) is 13.6. The van der Waals surface area contributed by atoms with E-state index in [-0.39, 0.29) is 11.0 Å². The number of hydrogen-bond donors (Lipinski definition) is 1. The third-order valence-corrected chi connectivity index (χ3v) is 2.47. The van der Waals surface area contributed by atoms with Gasteiger partial charge in [-0.2, -0.15) is 0 Å². The Morgan fingerprint density at radius 3 is 2.56 bits per heavy atom. The highest BCUT2D eigenvalue weighted by atomic mass is 16.1. The van der Waals surface area contributed by atoms with Crippen molar-refractivity contribution >= 4 is 5.95 Å². The maximum Gasteiger partial charge on any atom is 0.258 e. The summed E-state index contributed by atoms with van der Waals surface area (Å²) in [7, 11) is 0. The minimum atomic E-state index is -0.130. The maximum absolute atomic E-state index is 12.0. The quantitative estimate of drug-likeness (QED) is 0.731. The van der Waals surface area contributed by atoms with Crippen LogP contribution in [0.15, 0.2) is 11.0 Å². The highest BCUT2D eigenvalue weighted by Gasteiger charge is 2.22. The van der Waals surface area contributed by atoms with E-state index < -0.39 is 0 Å². The Balaban J connectivity index is 0.000000606. The predicted molar refractivity (Wildman–Crippen MR) is 67.0 cm³/mol. The van der Waals surface area contributed by atoms with Crippen molar-refractivity contribution in [3.05, 3.63) is 22.1 Å². The van der Waals surface area contributed by atoms with Crippen LogP contribution in [0.25, 0.3) is 0 Å². The van der Waals surface area contributed by atoms with Crippen molar-refractivity contribution in [1.82, 2.24) is 9.55 Å². The largest absolute Gasteiger partial charge is 0.354 e. The van der Waals surface area contributed by atoms with E-state index in [1.165, 1.54) is 0 Å². The number of anilines is 1. The first kappa shape index (κ1) is 12.7. The van der Waals surface area contributed by atoms with Gasteiger partial charge in [-0.25, -0.2) is 4.98 Å². The zero-order chi connectivity index (χ0) is 12.3. The van der Waals surface area contributed by atoms with E-state index in [2.05, 4.69) is 10.3 Å². The van der Waals surface area contributed by atoms with Gasteiger partial charge in [-0.05, 0) is 5.41 Å². The van der Waals surface area contributed by atoms with Crippen LogP contribution in [0.5, 0.6) is 0 Å². The summed E-state index contributed by atoms with van der Waals surface area (Å²) in [6, 6.07) is 0. The molecule has 1 aromatic rings. The van der Waals surface area contributed by atoms with Crippen LogP contribution in [0, 0.1) is 0 Å². The van der Waals surface area contributed by atoms with Crippen molar-refractivity contribution in [2.45, 2.75) is 46.6 Å². The lowest BCUT2D eigenvalue weighted by atomic mass is 9.89. The minimum absolute atomic E-state index is 0.0903. The zero-order valence-corrected chi connectivity index (χ0v) is 10.8. The Morgan fingerprint density at radius 2 is 2.00 bits per heavy atom. The number of fused-ring (bicyclic) bond motifs is 1. The lowest BCUT2D eigenvalue weighted by Crippen LogP contribution is -2.29. The molecule has 0 unspecified atom stereocenters. The molecule has 0 saturated carbocycles. The summed E-state index contributed by atoms with van der Waals surface area (Å²) in [5.41, 5.74) is 0.742. The van der Waals surface area contributed by atoms with E-state index in [0.717, 1.165) is 18.7 Å². The van der Waals surface area contributed by atoms with Gasteiger partial charge in [-0.15, -0.1) is 0 Å². The fourth-order valence-corrected chi connectivity index (χ4v) is 1.63. The summed E-state index contributed by atoms with van der Waals surface area (Å²) in [6.07, 6.45) is 1.69. The van der Waals surface area contributed by atoms with Crippen molar-refractivity contribution in [1.29, 1.82) is 0 Å². The molecule has 1 aliphatic rings. The molecule has 0 aromatic carbocycles. The molecule has 16 heavy (non-hydrogen) atoms. The predicted octanol–water partition coefficient (Wildman–Crippen LogP) is 1.99. The van der Waals surface area contributed by atoms with E-state index in [1.807, 2.05) is 34.6 Å². The van der Waals surface area contributed by atoms with Crippen LogP contribution in [0.2, 0.25) is 0 Å². The van der Waals surface area contributed by atoms with Gasteiger partial charge in [-0.1, -0.05) is 34.6 Å². The number of rotatable bonds is 0. The first-order valence-corrected chi connectivity index (χ1v) is 5.84. The lowest BCUT2D eigenvalue weighted by molar-refractivity contribution is 0.566. The summed E-state index contributed by atoms with van der Waals surface area (Å²) >= 11 is 0. The van der Waals surface area contributed by atoms with E-state index in [4.69, 9.17) is 0 Å². The second kappa shape index (κ2) is 4.68. The molecule has 1 N–H and O–H groups in total. The molecule has 1 aliphatic heterocycles. The van der Waals surface area contributed by atoms with Crippen LogP contribution < -0.4 is 10.9 Å². The molecule has 4 nitrogen and oxygen atoms in total. The molecule has 0 saturated heterocycles. The standard InChI is InChI=1S/C10H15N3O.C2H6/c1-10(2,3)7-6-12-9-11-4-5-13(9)8(7)14;1-2/h6H,4-5H2,1-3H3,(H,11,12);1-2H3. The third kappa shape index (κ3) is 2.26. The van der Waals surface area contributed by atoms with E-state index in [9.17, 15) is 4.79 Å². The van der Waals surface area contributed by atoms with Gasteiger partial charge in [0.2, 0.25) is 5.95 Å². The van der Waals surface area contributed by atoms with Crippen molar-refractivity contribution in [2.24, 2.45) is 0 Å². The average molecular weight is 223 g/mol. The van der Waals surface area contributed by atoms with Gasteiger partial charge in [0.15, 0.2) is 0 Å². The summed E-state index contributed by atoms with van der Waals surface area (Å²) in [4.78, 5) is 16.2. The number of nitrogens with zero attached hydrogens (tertiary/aromatic N) is 2. The minimum Gasteiger partial charge on any atom is -0.354 e. The van der Waals surface area contributed by atoms with Gasteiger partial charge in [0.05, 0.1) is 0 Å². The van der Waals surface area contributed by atoms with Gasteiger partial charge < -0.3 is 5.32 Å². The molecule has 0 aliphatic carbocycles. The molecular weight excluding hydrogens is 202 g/mol. The highest BCUT2D eigenvalue weighted by molar-refractivity contribution is 5.32. The number of aromatic nitrogens is 2. The Labute approximate surface area is 96.7 Å². The van der Waals surface area contributed by atoms with Crippen LogP contribution in [0.4, 0.5) is 5.95 Å². The van der Waals surface area contributed by atoms with Crippen LogP contribution >= 0.6 is 0 Å². The van der Waals surface area contributed by atoms with Gasteiger partial charge in [0.25, 0.3) is 5.56 Å². The topological polar surface area (TPSA) is 46.9 Å². The molecule has 0 bridgehead atoms. The molecule has 0 radical (unpaired) electrons. The molecule has 2 heterocycles. The van der Waals surface area contributed by atoms with Gasteiger partial charge in [-0.3, -0.25) is 9.36 Å². The monoisotopic (exact) mass is 223 g/mol. The van der Waals surface area contributed by atoms with Crippen molar-refractivity contribution < 1.29 is 0 Å². The first-order valence-electron chi connectivity index (χ1n) is 5.84. The van der Waals surface area contributed by atoms with Crippen molar-refractivity contribution in [3.8, 4) is 0 Å². The smallest absolute Gasteiger partial charge is 0.258 e. The Morgan fingerprint density at radius 1 is 1.38 bits per heavy atom. The van der Waals surface area contributed by atoms with Crippen molar-refractivity contribution in [3.63, 3.8) is 0 Å². The summed E-state index contributed by atoms with van der Waals surface area (Å²) in [5.74, 6) is 0.697. The fraction of sp³-hybridized carbons (Fsp3) is 0.667. The maximum atomic E-state index is 12.0. The summed E-state index contributed by atoms with van der Waals surface area (Å²) in [6.45, 7) is 11.6. The van der Waals surface area contributed by atoms with Crippen LogP contribution in [0.3, 0.4) is 0 Å². The third-order valence-electron chi connectivity index (χ3n) is 2.47. The SMILES string of the molecule is CC.CC(C)(C)c1cnc2n(c1=O)CCN2. The molecule has 1 aromatic heterocycles. The van der Waals surface area contributed by atoms with Crippen LogP contribution in [-0.2, 0) is 12.0 Å². The second-order valence-corrected chi connectivity index (χ2v) is 4.63. The molecule has 0 amide bonds. The lowest BCUT2D eigenvalue weighted by Gasteiger charge is -2.18. The van der Waals surface area contributed by atoms with Gasteiger partial charge in [0, 0.05) is 24.8 Å². The fourth-order valence-electron chi connectivity index (χ4n) is 1.63. The molecule has 0 atom stereocenters. The molecule has 0 spiro atoms. The summed E-state index contributed by atoms with van der Waals surface area (Å²) in [5, 5.41) is 3.07. The molecular formula is C12H21N3O. The Kier molecular flexibility index (Phi) is 3.73. The Hall–Kier alpha value is -1.32. The number of hydrogen-bond acceptors (Lipinski definition) is 3. The van der Waals surface area contributed by atoms with E-state index in [1.54, 1.807) is 10.8 Å². The molecule has 4 heteroatoms. The van der Waals surface area contributed by atoms with E-state index >= 15 is 0 Å². The van der Waals surface area contributed by atoms with Crippen LogP contribution in [-0.4, -0.2) is 16.1 Å². The molecule has 90 valence electrons. The first-order chi connectivity index (χ1) is 7.50. The Bertz CT molecular complexity index is 415. The van der Waals surface area contributed by atoms with Crippen LogP contribution in [0.1, 0.15) is 40.2 Å². The molecule has 2 rings (SSSR count). The summed E-state index contributed by atoms with van der Waals surface area (Å²) < 4.78 is 1.71. The zero-order valence-electron chi connectivity index (χ0n) is 10.8. The highest BCUT2D eigenvalue weighted by Crippen LogP contribution is 2.19. The second-order valence-electron chi connectivity index (χ2n) is 4.63. The average Bonchev–Trinajstić information content (AvgIpc) is 2.68. The number of nitrogens with one attached hydrogen (secondary N) is 1. The molecule has 0 fully saturated rings.